The van der Waals surface area contributed by atoms with E-state index in [2.05, 4.69) is 5.32 Å². The van der Waals surface area contributed by atoms with E-state index in [1.807, 2.05) is 6.07 Å². The second-order valence-electron chi connectivity index (χ2n) is 5.34. The topological polar surface area (TPSA) is 30.5 Å². The Hall–Kier alpha value is -1.13. The Morgan fingerprint density at radius 2 is 2.00 bits per heavy atom. The van der Waals surface area contributed by atoms with Crippen LogP contribution in [0.15, 0.2) is 18.2 Å². The maximum absolute atomic E-state index is 13.6. The van der Waals surface area contributed by atoms with Crippen LogP contribution in [0.2, 0.25) is 0 Å². The van der Waals surface area contributed by atoms with Gasteiger partial charge in [-0.25, -0.2) is 4.39 Å². The molecule has 0 saturated heterocycles. The van der Waals surface area contributed by atoms with Crippen LogP contribution >= 0.6 is 0 Å². The van der Waals surface area contributed by atoms with Gasteiger partial charge in [0, 0.05) is 26.3 Å². The van der Waals surface area contributed by atoms with Gasteiger partial charge in [0.2, 0.25) is 0 Å². The van der Waals surface area contributed by atoms with Gasteiger partial charge in [-0.05, 0) is 43.4 Å². The van der Waals surface area contributed by atoms with Crippen LogP contribution in [0.3, 0.4) is 0 Å². The predicted molar refractivity (Wildman–Crippen MR) is 77.5 cm³/mol. The van der Waals surface area contributed by atoms with Crippen LogP contribution in [-0.4, -0.2) is 26.4 Å². The van der Waals surface area contributed by atoms with Crippen molar-refractivity contribution in [2.24, 2.45) is 0 Å². The fourth-order valence-electron chi connectivity index (χ4n) is 2.57. The van der Waals surface area contributed by atoms with Gasteiger partial charge in [-0.2, -0.15) is 0 Å². The van der Waals surface area contributed by atoms with Gasteiger partial charge in [-0.3, -0.25) is 0 Å². The van der Waals surface area contributed by atoms with Crippen molar-refractivity contribution in [1.82, 2.24) is 5.32 Å². The summed E-state index contributed by atoms with van der Waals surface area (Å²) < 4.78 is 24.5. The van der Waals surface area contributed by atoms with E-state index >= 15 is 0 Å². The molecule has 2 rings (SSSR count). The molecule has 0 amide bonds. The van der Waals surface area contributed by atoms with E-state index in [0.717, 1.165) is 24.9 Å². The monoisotopic (exact) mass is 281 g/mol. The van der Waals surface area contributed by atoms with Crippen molar-refractivity contribution in [3.05, 3.63) is 29.6 Å². The predicted octanol–water partition coefficient (Wildman–Crippen LogP) is 3.27. The highest BCUT2D eigenvalue weighted by Gasteiger charge is 2.15. The van der Waals surface area contributed by atoms with Crippen LogP contribution in [0.5, 0.6) is 5.75 Å². The molecule has 0 bridgehead atoms. The molecule has 0 radical (unpaired) electrons. The highest BCUT2D eigenvalue weighted by atomic mass is 19.1. The lowest BCUT2D eigenvalue weighted by Crippen LogP contribution is -2.20. The maximum atomic E-state index is 13.6. The summed E-state index contributed by atoms with van der Waals surface area (Å²) in [6.45, 7) is 2.04. The first kappa shape index (κ1) is 15.3. The third-order valence-electron chi connectivity index (χ3n) is 3.60. The standard InChI is InChI=1S/C16H24FNO2/c1-19-8-7-18-12-13-9-14(17)11-16(10-13)20-15-5-3-2-4-6-15/h9-11,15,18H,2-8,12H2,1H3. The fourth-order valence-corrected chi connectivity index (χ4v) is 2.57. The molecular weight excluding hydrogens is 257 g/mol. The Morgan fingerprint density at radius 3 is 2.75 bits per heavy atom. The molecule has 1 aromatic rings. The van der Waals surface area contributed by atoms with Crippen LogP contribution in [0.25, 0.3) is 0 Å². The Morgan fingerprint density at radius 1 is 1.20 bits per heavy atom. The van der Waals surface area contributed by atoms with E-state index in [4.69, 9.17) is 9.47 Å². The van der Waals surface area contributed by atoms with Gasteiger partial charge >= 0.3 is 0 Å². The van der Waals surface area contributed by atoms with E-state index in [9.17, 15) is 4.39 Å². The van der Waals surface area contributed by atoms with Crippen molar-refractivity contribution in [1.29, 1.82) is 0 Å². The summed E-state index contributed by atoms with van der Waals surface area (Å²) in [6.07, 6.45) is 6.13. The largest absolute Gasteiger partial charge is 0.490 e. The number of nitrogens with one attached hydrogen (secondary N) is 1. The summed E-state index contributed by atoms with van der Waals surface area (Å²) in [5.41, 5.74) is 0.909. The minimum absolute atomic E-state index is 0.234. The lowest BCUT2D eigenvalue weighted by atomic mass is 9.98. The molecule has 1 aliphatic rings. The number of methoxy groups -OCH3 is 1. The molecule has 0 unspecified atom stereocenters. The van der Waals surface area contributed by atoms with Crippen LogP contribution in [0.4, 0.5) is 4.39 Å². The second kappa shape index (κ2) is 8.22. The van der Waals surface area contributed by atoms with Crippen molar-refractivity contribution in [3.8, 4) is 5.75 Å². The van der Waals surface area contributed by atoms with Gasteiger partial charge in [0.1, 0.15) is 11.6 Å². The summed E-state index contributed by atoms with van der Waals surface area (Å²) in [7, 11) is 1.67. The molecule has 112 valence electrons. The lowest BCUT2D eigenvalue weighted by molar-refractivity contribution is 0.154. The zero-order chi connectivity index (χ0) is 14.2. The molecule has 1 fully saturated rings. The number of rotatable bonds is 7. The molecule has 0 spiro atoms. The molecule has 20 heavy (non-hydrogen) atoms. The third-order valence-corrected chi connectivity index (χ3v) is 3.60. The first-order valence-electron chi connectivity index (χ1n) is 7.43. The molecule has 1 N–H and O–H groups in total. The SMILES string of the molecule is COCCNCc1cc(F)cc(OC2CCCCC2)c1. The zero-order valence-electron chi connectivity index (χ0n) is 12.2. The van der Waals surface area contributed by atoms with Gasteiger partial charge in [0.15, 0.2) is 0 Å². The number of halogens is 1. The summed E-state index contributed by atoms with van der Waals surface area (Å²) in [6, 6.07) is 4.96. The Bertz CT molecular complexity index is 405. The van der Waals surface area contributed by atoms with Gasteiger partial charge in [0.05, 0.1) is 12.7 Å². The molecule has 1 aliphatic carbocycles. The van der Waals surface area contributed by atoms with Gasteiger partial charge in [0.25, 0.3) is 0 Å². The fraction of sp³-hybridized carbons (Fsp3) is 0.625. The number of hydrogen-bond acceptors (Lipinski definition) is 3. The normalized spacial score (nSPS) is 16.3. The molecule has 0 atom stereocenters. The average Bonchev–Trinajstić information content (AvgIpc) is 2.44. The van der Waals surface area contributed by atoms with Gasteiger partial charge < -0.3 is 14.8 Å². The molecule has 4 heteroatoms. The molecule has 3 nitrogen and oxygen atoms in total. The quantitative estimate of drug-likeness (QED) is 0.778. The van der Waals surface area contributed by atoms with Crippen LogP contribution in [0, 0.1) is 5.82 Å². The van der Waals surface area contributed by atoms with Crippen LogP contribution in [0.1, 0.15) is 37.7 Å². The van der Waals surface area contributed by atoms with E-state index < -0.39 is 0 Å². The van der Waals surface area contributed by atoms with Crippen molar-refractivity contribution in [3.63, 3.8) is 0 Å². The van der Waals surface area contributed by atoms with Crippen LogP contribution in [-0.2, 0) is 11.3 Å². The van der Waals surface area contributed by atoms with Gasteiger partial charge in [-0.15, -0.1) is 0 Å². The highest BCUT2D eigenvalue weighted by molar-refractivity contribution is 5.29. The molecule has 1 saturated carbocycles. The number of benzene rings is 1. The van der Waals surface area contributed by atoms with E-state index in [1.165, 1.54) is 25.3 Å². The Labute approximate surface area is 120 Å². The van der Waals surface area contributed by atoms with E-state index in [1.54, 1.807) is 13.2 Å². The Kier molecular flexibility index (Phi) is 6.27. The smallest absolute Gasteiger partial charge is 0.127 e. The first-order chi connectivity index (χ1) is 9.78. The van der Waals surface area contributed by atoms with Crippen molar-refractivity contribution >= 4 is 0 Å². The molecular formula is C16H24FNO2. The number of hydrogen-bond donors (Lipinski definition) is 1. The van der Waals surface area contributed by atoms with E-state index in [-0.39, 0.29) is 11.9 Å². The zero-order valence-corrected chi connectivity index (χ0v) is 12.2. The van der Waals surface area contributed by atoms with Gasteiger partial charge in [-0.1, -0.05) is 6.42 Å². The molecule has 0 heterocycles. The van der Waals surface area contributed by atoms with Crippen molar-refractivity contribution in [2.45, 2.75) is 44.8 Å². The van der Waals surface area contributed by atoms with E-state index in [0.29, 0.717) is 18.9 Å². The molecule has 0 aromatic heterocycles. The first-order valence-corrected chi connectivity index (χ1v) is 7.43. The minimum atomic E-state index is -0.234. The third kappa shape index (κ3) is 5.10. The summed E-state index contributed by atoms with van der Waals surface area (Å²) in [4.78, 5) is 0. The number of ether oxygens (including phenoxy) is 2. The second-order valence-corrected chi connectivity index (χ2v) is 5.34. The summed E-state index contributed by atoms with van der Waals surface area (Å²) in [5, 5.41) is 3.21. The average molecular weight is 281 g/mol. The Balaban J connectivity index is 1.89. The highest BCUT2D eigenvalue weighted by Crippen LogP contribution is 2.24. The van der Waals surface area contributed by atoms with Crippen molar-refractivity contribution in [2.75, 3.05) is 20.3 Å². The summed E-state index contributed by atoms with van der Waals surface area (Å²) in [5.74, 6) is 0.419. The van der Waals surface area contributed by atoms with Crippen molar-refractivity contribution < 1.29 is 13.9 Å². The molecule has 0 aliphatic heterocycles. The minimum Gasteiger partial charge on any atom is -0.490 e. The van der Waals surface area contributed by atoms with Crippen LogP contribution < -0.4 is 10.1 Å². The maximum Gasteiger partial charge on any atom is 0.127 e. The summed E-state index contributed by atoms with van der Waals surface area (Å²) >= 11 is 0. The lowest BCUT2D eigenvalue weighted by Gasteiger charge is -2.23. The molecule has 1 aromatic carbocycles.